The molecule has 0 atom stereocenters. The van der Waals surface area contributed by atoms with Crippen LogP contribution >= 0.6 is 0 Å². The summed E-state index contributed by atoms with van der Waals surface area (Å²) in [4.78, 5) is 25.6. The van der Waals surface area contributed by atoms with Crippen molar-refractivity contribution < 1.29 is 37.7 Å². The van der Waals surface area contributed by atoms with E-state index < -0.39 is 18.9 Å². The van der Waals surface area contributed by atoms with Gasteiger partial charge in [-0.2, -0.15) is 0 Å². The lowest BCUT2D eigenvalue weighted by molar-refractivity contribution is 0.0167. The van der Waals surface area contributed by atoms with Gasteiger partial charge in [-0.1, -0.05) is 12.2 Å². The largest absolute Gasteiger partial charge is 0.781 e. The number of fused-ring (bicyclic) bond motifs is 2. The van der Waals surface area contributed by atoms with Crippen molar-refractivity contribution in [2.24, 2.45) is 0 Å². The lowest BCUT2D eigenvalue weighted by Crippen LogP contribution is -2.61. The van der Waals surface area contributed by atoms with E-state index in [2.05, 4.69) is 13.2 Å². The second-order valence-corrected chi connectivity index (χ2v) is 6.96. The van der Waals surface area contributed by atoms with Crippen LogP contribution in [0.15, 0.2) is 49.6 Å². The highest BCUT2D eigenvalue weighted by Gasteiger charge is 2.53. The van der Waals surface area contributed by atoms with E-state index in [1.165, 1.54) is 14.2 Å². The van der Waals surface area contributed by atoms with E-state index in [9.17, 15) is 9.59 Å². The summed E-state index contributed by atoms with van der Waals surface area (Å²) in [6, 6.07) is 6.60. The van der Waals surface area contributed by atoms with Crippen molar-refractivity contribution in [1.82, 2.24) is 0 Å². The molecule has 2 aromatic rings. The van der Waals surface area contributed by atoms with E-state index in [4.69, 9.17) is 28.1 Å². The summed E-state index contributed by atoms with van der Waals surface area (Å²) in [5, 5.41) is 0. The summed E-state index contributed by atoms with van der Waals surface area (Å²) in [5.74, 6) is -0.889. The van der Waals surface area contributed by atoms with Crippen LogP contribution in [0, 0.1) is 0 Å². The number of carbonyl (C=O) groups is 2. The molecule has 2 aliphatic heterocycles. The number of ether oxygens (including phenoxy) is 2. The Balaban J connectivity index is 1.78. The monoisotopic (exact) mass is 423 g/mol. The quantitative estimate of drug-likeness (QED) is 0.516. The molecule has 0 bridgehead atoms. The van der Waals surface area contributed by atoms with Crippen LogP contribution in [0.1, 0.15) is 31.8 Å². The summed E-state index contributed by atoms with van der Waals surface area (Å²) in [6.45, 7) is 4.12. The average Bonchev–Trinajstić information content (AvgIpc) is 2.74. The minimum absolute atomic E-state index is 0.0602. The molecule has 0 N–H and O–H groups in total. The molecule has 8 nitrogen and oxygen atoms in total. The lowest BCUT2D eigenvalue weighted by atomic mass is 9.94. The van der Waals surface area contributed by atoms with Gasteiger partial charge in [0.2, 0.25) is 0 Å². The summed E-state index contributed by atoms with van der Waals surface area (Å²) in [7, 11) is 2.87. The molecule has 4 rings (SSSR count). The van der Waals surface area contributed by atoms with Gasteiger partial charge < -0.3 is 28.1 Å². The molecule has 0 unspecified atom stereocenters. The Kier molecular flexibility index (Phi) is 5.10. The molecule has 0 aromatic heterocycles. The zero-order valence-corrected chi connectivity index (χ0v) is 17.1. The topological polar surface area (TPSA) is 89.5 Å². The average molecular weight is 423 g/mol. The molecule has 160 valence electrons. The fourth-order valence-electron chi connectivity index (χ4n) is 3.56. The van der Waals surface area contributed by atoms with Crippen LogP contribution < -0.4 is 18.8 Å². The molecular formula is C22H20BO8-. The van der Waals surface area contributed by atoms with Crippen LogP contribution in [0.3, 0.4) is 0 Å². The minimum atomic E-state index is -3.27. The molecular weight excluding hydrogens is 403 g/mol. The van der Waals surface area contributed by atoms with Crippen LogP contribution in [0.4, 0.5) is 0 Å². The van der Waals surface area contributed by atoms with Crippen molar-refractivity contribution in [3.63, 3.8) is 0 Å². The summed E-state index contributed by atoms with van der Waals surface area (Å²) in [5.41, 5.74) is 1.81. The van der Waals surface area contributed by atoms with Gasteiger partial charge in [-0.25, -0.2) is 0 Å². The van der Waals surface area contributed by atoms with Gasteiger partial charge in [0.15, 0.2) is 11.5 Å². The third-order valence-electron chi connectivity index (χ3n) is 4.90. The smallest absolute Gasteiger partial charge is 0.608 e. The van der Waals surface area contributed by atoms with E-state index in [1.54, 1.807) is 36.4 Å². The summed E-state index contributed by atoms with van der Waals surface area (Å²) < 4.78 is 33.1. The molecule has 2 aliphatic rings. The third-order valence-corrected chi connectivity index (χ3v) is 4.90. The highest BCUT2D eigenvalue weighted by atomic mass is 16.9. The molecule has 0 saturated carbocycles. The van der Waals surface area contributed by atoms with Gasteiger partial charge in [0, 0.05) is 0 Å². The predicted octanol–water partition coefficient (Wildman–Crippen LogP) is 3.40. The lowest BCUT2D eigenvalue weighted by Gasteiger charge is -2.46. The zero-order valence-electron chi connectivity index (χ0n) is 17.1. The number of allylic oxidation sites excluding steroid dienone is 2. The first-order chi connectivity index (χ1) is 14.9. The molecule has 0 fully saturated rings. The Bertz CT molecular complexity index is 1020. The zero-order chi connectivity index (χ0) is 22.2. The van der Waals surface area contributed by atoms with Gasteiger partial charge in [0.25, 0.3) is 0 Å². The van der Waals surface area contributed by atoms with Crippen LogP contribution in [0.2, 0.25) is 0 Å². The fourth-order valence-corrected chi connectivity index (χ4v) is 3.56. The molecule has 31 heavy (non-hydrogen) atoms. The highest BCUT2D eigenvalue weighted by Crippen LogP contribution is 2.44. The number of hydrogen-bond donors (Lipinski definition) is 0. The molecule has 2 aromatic carbocycles. The number of rotatable bonds is 6. The van der Waals surface area contributed by atoms with Gasteiger partial charge in [0.1, 0.15) is 11.5 Å². The molecule has 0 radical (unpaired) electrons. The Morgan fingerprint density at radius 3 is 1.55 bits per heavy atom. The maximum Gasteiger partial charge on any atom is 0.781 e. The van der Waals surface area contributed by atoms with Crippen LogP contribution in [0.5, 0.6) is 23.0 Å². The molecule has 9 heteroatoms. The second kappa shape index (κ2) is 7.75. The fraction of sp³-hybridized carbons (Fsp3) is 0.182. The number of hydrogen-bond acceptors (Lipinski definition) is 8. The Labute approximate surface area is 179 Å². The number of carbonyl (C=O) groups excluding carboxylic acids is 2. The molecule has 0 aliphatic carbocycles. The third kappa shape index (κ3) is 3.48. The predicted molar refractivity (Wildman–Crippen MR) is 112 cm³/mol. The van der Waals surface area contributed by atoms with Crippen LogP contribution in [-0.2, 0) is 22.2 Å². The maximum atomic E-state index is 12.8. The van der Waals surface area contributed by atoms with Gasteiger partial charge in [-0.3, -0.25) is 9.59 Å². The van der Waals surface area contributed by atoms with E-state index >= 15 is 0 Å². The Morgan fingerprint density at radius 2 is 1.19 bits per heavy atom. The second-order valence-electron chi connectivity index (χ2n) is 6.96. The molecule has 1 spiro atoms. The van der Waals surface area contributed by atoms with Gasteiger partial charge in [0.05, 0.1) is 25.3 Å². The van der Waals surface area contributed by atoms with Crippen molar-refractivity contribution >= 4 is 18.9 Å². The first-order valence-corrected chi connectivity index (χ1v) is 9.54. The highest BCUT2D eigenvalue weighted by molar-refractivity contribution is 6.61. The molecule has 0 amide bonds. The first-order valence-electron chi connectivity index (χ1n) is 9.54. The SMILES string of the molecule is C=CCc1cc(OC)c2c(c1)C(=O)O[B-]1(OC(=O)c3cc(CC=C)cc(OC)c3O1)O2. The summed E-state index contributed by atoms with van der Waals surface area (Å²) >= 11 is 0. The van der Waals surface area contributed by atoms with Gasteiger partial charge >= 0.3 is 18.9 Å². The van der Waals surface area contributed by atoms with Crippen molar-refractivity contribution in [2.45, 2.75) is 12.8 Å². The van der Waals surface area contributed by atoms with Crippen molar-refractivity contribution in [2.75, 3.05) is 14.2 Å². The Hall–Kier alpha value is -3.88. The summed E-state index contributed by atoms with van der Waals surface area (Å²) in [6.07, 6.45) is 4.40. The first kappa shape index (κ1) is 20.4. The van der Waals surface area contributed by atoms with Crippen LogP contribution in [-0.4, -0.2) is 33.1 Å². The maximum absolute atomic E-state index is 12.8. The minimum Gasteiger partial charge on any atom is -0.608 e. The van der Waals surface area contributed by atoms with Crippen molar-refractivity contribution in [3.8, 4) is 23.0 Å². The Morgan fingerprint density at radius 1 is 0.774 bits per heavy atom. The van der Waals surface area contributed by atoms with Crippen molar-refractivity contribution in [3.05, 3.63) is 71.8 Å². The van der Waals surface area contributed by atoms with Gasteiger partial charge in [-0.05, 0) is 48.2 Å². The van der Waals surface area contributed by atoms with E-state index in [1.807, 2.05) is 0 Å². The standard InChI is InChI=1S/C22H20BO8/c1-5-7-13-9-15-19(17(11-13)26-3)28-23(30-21(15)24)29-20-16(22(25)31-23)10-14(8-6-2)12-18(20)27-4/h5-6,9-12H,1-2,7-8H2,3-4H3/q-1. The van der Waals surface area contributed by atoms with Crippen LogP contribution in [0.25, 0.3) is 0 Å². The van der Waals surface area contributed by atoms with E-state index in [0.717, 1.165) is 11.1 Å². The van der Waals surface area contributed by atoms with Crippen molar-refractivity contribution in [1.29, 1.82) is 0 Å². The molecule has 0 saturated heterocycles. The normalized spacial score (nSPS) is 15.4. The van der Waals surface area contributed by atoms with E-state index in [0.29, 0.717) is 12.8 Å². The van der Waals surface area contributed by atoms with Gasteiger partial charge in [-0.15, -0.1) is 13.2 Å². The number of methoxy groups -OCH3 is 2. The van der Waals surface area contributed by atoms with E-state index in [-0.39, 0.29) is 34.1 Å². The number of benzene rings is 2. The molecule has 2 heterocycles.